The highest BCUT2D eigenvalue weighted by molar-refractivity contribution is 5.92. The molecule has 13 heavy (non-hydrogen) atoms. The van der Waals surface area contributed by atoms with E-state index in [4.69, 9.17) is 0 Å². The maximum atomic E-state index is 11.3. The van der Waals surface area contributed by atoms with Crippen molar-refractivity contribution in [3.05, 3.63) is 11.8 Å². The van der Waals surface area contributed by atoms with Crippen LogP contribution in [-0.4, -0.2) is 22.2 Å². The van der Waals surface area contributed by atoms with Crippen LogP contribution in [-0.2, 0) is 17.8 Å². The number of aromatic nitrogens is 2. The lowest BCUT2D eigenvalue weighted by atomic mass is 10.2. The quantitative estimate of drug-likeness (QED) is 0.640. The first-order chi connectivity index (χ1) is 6.24. The summed E-state index contributed by atoms with van der Waals surface area (Å²) in [7, 11) is 0. The summed E-state index contributed by atoms with van der Waals surface area (Å²) in [6.07, 6.45) is 2.78. The molecule has 4 nitrogen and oxygen atoms in total. The van der Waals surface area contributed by atoms with Crippen LogP contribution in [0.5, 0.6) is 0 Å². The van der Waals surface area contributed by atoms with Gasteiger partial charge in [-0.3, -0.25) is 9.69 Å². The zero-order valence-electron chi connectivity index (χ0n) is 7.95. The van der Waals surface area contributed by atoms with Crippen molar-refractivity contribution in [2.24, 2.45) is 0 Å². The molecule has 0 spiro atoms. The molecule has 0 atom stereocenters. The minimum absolute atomic E-state index is 0.106. The fourth-order valence-corrected chi connectivity index (χ4v) is 1.75. The summed E-state index contributed by atoms with van der Waals surface area (Å²) >= 11 is 0. The van der Waals surface area contributed by atoms with Gasteiger partial charge >= 0.3 is 0 Å². The average Bonchev–Trinajstić information content (AvgIpc) is 2.61. The molecule has 1 aromatic heterocycles. The van der Waals surface area contributed by atoms with Crippen LogP contribution in [0.15, 0.2) is 6.20 Å². The van der Waals surface area contributed by atoms with Gasteiger partial charge in [0, 0.05) is 19.0 Å². The second-order valence-corrected chi connectivity index (χ2v) is 3.24. The predicted octanol–water partition coefficient (Wildman–Crippen LogP) is 0.812. The van der Waals surface area contributed by atoms with Crippen LogP contribution in [0.25, 0.3) is 0 Å². The lowest BCUT2D eigenvalue weighted by Crippen LogP contribution is -2.26. The lowest BCUT2D eigenvalue weighted by molar-refractivity contribution is -0.116. The Balaban J connectivity index is 2.43. The third-order valence-corrected chi connectivity index (χ3v) is 2.44. The highest BCUT2D eigenvalue weighted by Gasteiger charge is 2.25. The summed E-state index contributed by atoms with van der Waals surface area (Å²) in [4.78, 5) is 13.1. The summed E-state index contributed by atoms with van der Waals surface area (Å²) in [5, 5.41) is 4.22. The van der Waals surface area contributed by atoms with Crippen molar-refractivity contribution in [1.82, 2.24) is 9.78 Å². The zero-order valence-corrected chi connectivity index (χ0v) is 7.95. The second-order valence-electron chi connectivity index (χ2n) is 3.24. The number of carbonyl (C=O) groups excluding carboxylic acids is 1. The topological polar surface area (TPSA) is 38.1 Å². The summed E-state index contributed by atoms with van der Waals surface area (Å²) in [6.45, 7) is 5.27. The van der Waals surface area contributed by atoms with E-state index in [9.17, 15) is 4.79 Å². The number of nitrogens with zero attached hydrogens (tertiary/aromatic N) is 3. The molecular formula is C9H13N3O. The van der Waals surface area contributed by atoms with E-state index < -0.39 is 0 Å². The number of amides is 1. The molecule has 1 aliphatic rings. The molecule has 2 rings (SSSR count). The van der Waals surface area contributed by atoms with Crippen LogP contribution in [0.2, 0.25) is 0 Å². The van der Waals surface area contributed by atoms with E-state index in [0.29, 0.717) is 0 Å². The van der Waals surface area contributed by atoms with Crippen LogP contribution in [0.4, 0.5) is 5.82 Å². The Kier molecular flexibility index (Phi) is 1.83. The van der Waals surface area contributed by atoms with E-state index in [1.165, 1.54) is 0 Å². The Morgan fingerprint density at radius 3 is 3.00 bits per heavy atom. The third-order valence-electron chi connectivity index (χ3n) is 2.44. The van der Waals surface area contributed by atoms with Gasteiger partial charge in [0.05, 0.1) is 12.7 Å². The molecule has 0 fully saturated rings. The number of fused-ring (bicyclic) bond motifs is 1. The van der Waals surface area contributed by atoms with E-state index in [2.05, 4.69) is 12.0 Å². The molecule has 0 saturated heterocycles. The van der Waals surface area contributed by atoms with Gasteiger partial charge < -0.3 is 0 Å². The van der Waals surface area contributed by atoms with E-state index in [1.54, 1.807) is 11.8 Å². The minimum atomic E-state index is 0.106. The van der Waals surface area contributed by atoms with Gasteiger partial charge in [0.25, 0.3) is 0 Å². The number of hydrogen-bond donors (Lipinski definition) is 0. The predicted molar refractivity (Wildman–Crippen MR) is 49.6 cm³/mol. The van der Waals surface area contributed by atoms with E-state index in [1.807, 2.05) is 10.9 Å². The molecule has 0 aromatic carbocycles. The number of aryl methyl sites for hydroxylation is 1. The molecule has 1 amide bonds. The number of rotatable bonds is 1. The Morgan fingerprint density at radius 2 is 2.38 bits per heavy atom. The van der Waals surface area contributed by atoms with Crippen molar-refractivity contribution in [1.29, 1.82) is 0 Å². The molecular weight excluding hydrogens is 166 g/mol. The molecule has 1 aliphatic heterocycles. The maximum absolute atomic E-state index is 11.3. The number of hydrogen-bond acceptors (Lipinski definition) is 2. The van der Waals surface area contributed by atoms with Crippen molar-refractivity contribution in [3.63, 3.8) is 0 Å². The van der Waals surface area contributed by atoms with Gasteiger partial charge in [-0.25, -0.2) is 4.68 Å². The van der Waals surface area contributed by atoms with Crippen molar-refractivity contribution in [2.75, 3.05) is 11.4 Å². The van der Waals surface area contributed by atoms with Gasteiger partial charge in [-0.05, 0) is 6.42 Å². The van der Waals surface area contributed by atoms with Crippen LogP contribution < -0.4 is 4.90 Å². The maximum Gasteiger partial charge on any atom is 0.225 e. The first-order valence-corrected chi connectivity index (χ1v) is 4.56. The van der Waals surface area contributed by atoms with Crippen molar-refractivity contribution < 1.29 is 4.79 Å². The lowest BCUT2D eigenvalue weighted by Gasteiger charge is -2.13. The minimum Gasteiger partial charge on any atom is -0.295 e. The fourth-order valence-electron chi connectivity index (χ4n) is 1.75. The highest BCUT2D eigenvalue weighted by Crippen LogP contribution is 2.25. The summed E-state index contributed by atoms with van der Waals surface area (Å²) in [5.41, 5.74) is 1.16. The van der Waals surface area contributed by atoms with E-state index in [-0.39, 0.29) is 5.91 Å². The normalized spacial score (nSPS) is 14.8. The monoisotopic (exact) mass is 179 g/mol. The summed E-state index contributed by atoms with van der Waals surface area (Å²) < 4.78 is 1.90. The van der Waals surface area contributed by atoms with Gasteiger partial charge in [0.1, 0.15) is 5.82 Å². The first kappa shape index (κ1) is 8.29. The molecule has 0 bridgehead atoms. The van der Waals surface area contributed by atoms with Gasteiger partial charge in [-0.1, -0.05) is 6.92 Å². The molecule has 2 heterocycles. The van der Waals surface area contributed by atoms with Crippen molar-refractivity contribution in [3.8, 4) is 0 Å². The van der Waals surface area contributed by atoms with Crippen molar-refractivity contribution in [2.45, 2.75) is 26.8 Å². The molecule has 0 unspecified atom stereocenters. The SMILES string of the molecule is CCc1cnn2c1N(C(C)=O)CC2. The van der Waals surface area contributed by atoms with Crippen LogP contribution in [0.1, 0.15) is 19.4 Å². The Bertz CT molecular complexity index is 343. The average molecular weight is 179 g/mol. The van der Waals surface area contributed by atoms with Crippen LogP contribution in [0, 0.1) is 0 Å². The van der Waals surface area contributed by atoms with E-state index in [0.717, 1.165) is 30.9 Å². The summed E-state index contributed by atoms with van der Waals surface area (Å²) in [6, 6.07) is 0. The smallest absolute Gasteiger partial charge is 0.225 e. The number of carbonyl (C=O) groups is 1. The van der Waals surface area contributed by atoms with Crippen LogP contribution in [0.3, 0.4) is 0 Å². The number of anilines is 1. The van der Waals surface area contributed by atoms with Gasteiger partial charge in [-0.15, -0.1) is 0 Å². The molecule has 0 aliphatic carbocycles. The van der Waals surface area contributed by atoms with Gasteiger partial charge in [-0.2, -0.15) is 5.10 Å². The third kappa shape index (κ3) is 1.13. The van der Waals surface area contributed by atoms with E-state index >= 15 is 0 Å². The standard InChI is InChI=1S/C9H13N3O/c1-3-8-6-10-12-5-4-11(7(2)13)9(8)12/h6H,3-5H2,1-2H3. The van der Waals surface area contributed by atoms with Gasteiger partial charge in [0.2, 0.25) is 5.91 Å². The molecule has 0 radical (unpaired) electrons. The zero-order chi connectivity index (χ0) is 9.42. The molecule has 4 heteroatoms. The Labute approximate surface area is 77.1 Å². The molecule has 70 valence electrons. The fraction of sp³-hybridized carbons (Fsp3) is 0.556. The van der Waals surface area contributed by atoms with Gasteiger partial charge in [0.15, 0.2) is 0 Å². The molecule has 1 aromatic rings. The Hall–Kier alpha value is -1.32. The van der Waals surface area contributed by atoms with Crippen molar-refractivity contribution >= 4 is 11.7 Å². The second kappa shape index (κ2) is 2.87. The Morgan fingerprint density at radius 1 is 1.62 bits per heavy atom. The molecule has 0 saturated carbocycles. The van der Waals surface area contributed by atoms with Crippen LogP contribution >= 0.6 is 0 Å². The summed E-state index contributed by atoms with van der Waals surface area (Å²) in [5.74, 6) is 1.10. The highest BCUT2D eigenvalue weighted by atomic mass is 16.2. The molecule has 0 N–H and O–H groups in total. The first-order valence-electron chi connectivity index (χ1n) is 4.56. The largest absolute Gasteiger partial charge is 0.295 e.